The molecular weight excluding hydrogens is 414 g/mol. The predicted molar refractivity (Wildman–Crippen MR) is 120 cm³/mol. The maximum atomic E-state index is 13.1. The molecule has 0 fully saturated rings. The van der Waals surface area contributed by atoms with Crippen molar-refractivity contribution in [3.05, 3.63) is 77.9 Å². The molecule has 0 amide bonds. The van der Waals surface area contributed by atoms with Crippen molar-refractivity contribution in [2.24, 2.45) is 5.73 Å². The number of rotatable bonds is 8. The molecule has 4 N–H and O–H groups in total. The number of carbonyl (C=O) groups excluding carboxylic acids is 1. The number of benzene rings is 3. The summed E-state index contributed by atoms with van der Waals surface area (Å²) in [6, 6.07) is 17.9. The third-order valence-electron chi connectivity index (χ3n) is 4.64. The van der Waals surface area contributed by atoms with E-state index in [1.54, 1.807) is 50.2 Å². The Bertz CT molecular complexity index is 1220. The minimum atomic E-state index is -4.00. The molecule has 0 radical (unpaired) electrons. The monoisotopic (exact) mass is 439 g/mol. The summed E-state index contributed by atoms with van der Waals surface area (Å²) in [5.74, 6) is -0.785. The first-order chi connectivity index (χ1) is 14.7. The van der Waals surface area contributed by atoms with Crippen molar-refractivity contribution in [3.8, 4) is 0 Å². The fourth-order valence-corrected chi connectivity index (χ4v) is 4.40. The molecule has 3 aromatic carbocycles. The summed E-state index contributed by atoms with van der Waals surface area (Å²) in [6.45, 7) is 3.40. The van der Waals surface area contributed by atoms with Crippen molar-refractivity contribution in [1.82, 2.24) is 4.72 Å². The van der Waals surface area contributed by atoms with Gasteiger partial charge in [0.05, 0.1) is 11.0 Å². The molecule has 3 aromatic rings. The van der Waals surface area contributed by atoms with Crippen LogP contribution >= 0.6 is 0 Å². The van der Waals surface area contributed by atoms with Gasteiger partial charge in [0.25, 0.3) is 0 Å². The second-order valence-electron chi connectivity index (χ2n) is 7.49. The van der Waals surface area contributed by atoms with Crippen LogP contribution in [0.1, 0.15) is 25.0 Å². The third-order valence-corrected chi connectivity index (χ3v) is 6.11. The van der Waals surface area contributed by atoms with Gasteiger partial charge >= 0.3 is 5.97 Å². The average molecular weight is 440 g/mol. The molecule has 8 heteroatoms. The topological polar surface area (TPSA) is 122 Å². The summed E-state index contributed by atoms with van der Waals surface area (Å²) < 4.78 is 33.9. The van der Waals surface area contributed by atoms with Crippen molar-refractivity contribution in [2.75, 3.05) is 0 Å². The van der Waals surface area contributed by atoms with Crippen molar-refractivity contribution < 1.29 is 17.9 Å². The van der Waals surface area contributed by atoms with Crippen LogP contribution in [0.5, 0.6) is 0 Å². The fourth-order valence-electron chi connectivity index (χ4n) is 3.18. The molecule has 31 heavy (non-hydrogen) atoms. The van der Waals surface area contributed by atoms with E-state index in [-0.39, 0.29) is 17.2 Å². The molecule has 0 saturated heterocycles. The summed E-state index contributed by atoms with van der Waals surface area (Å²) in [5.41, 5.74) is 6.69. The molecule has 0 saturated carbocycles. The number of nitrogens with two attached hydrogens (primary N) is 1. The standard InChI is InChI=1S/C23H25N3O4S/c1-15(2)30-23(27)21(13-16-6-5-9-19(12-16)22(24)25)26-31(28,29)20-11-10-17-7-3-4-8-18(17)14-20/h3-12,14-15,21,26H,13H2,1-2H3,(H3,24,25)/t21-/m0/s1. The zero-order chi connectivity index (χ0) is 22.6. The van der Waals surface area contributed by atoms with Crippen LogP contribution in [-0.4, -0.2) is 32.4 Å². The van der Waals surface area contributed by atoms with Crippen LogP contribution in [0.2, 0.25) is 0 Å². The minimum absolute atomic E-state index is 0.0550. The summed E-state index contributed by atoms with van der Waals surface area (Å²) >= 11 is 0. The quantitative estimate of drug-likeness (QED) is 0.283. The van der Waals surface area contributed by atoms with E-state index >= 15 is 0 Å². The van der Waals surface area contributed by atoms with E-state index in [1.165, 1.54) is 6.07 Å². The fraction of sp³-hybridized carbons (Fsp3) is 0.217. The van der Waals surface area contributed by atoms with Gasteiger partial charge in [0.2, 0.25) is 10.0 Å². The lowest BCUT2D eigenvalue weighted by Crippen LogP contribution is -2.44. The number of nitrogens with one attached hydrogen (secondary N) is 2. The van der Waals surface area contributed by atoms with Crippen LogP contribution in [-0.2, 0) is 26.0 Å². The Morgan fingerprint density at radius 1 is 1.03 bits per heavy atom. The van der Waals surface area contributed by atoms with E-state index in [4.69, 9.17) is 15.9 Å². The molecular formula is C23H25N3O4S. The van der Waals surface area contributed by atoms with Crippen LogP contribution in [0.4, 0.5) is 0 Å². The Balaban J connectivity index is 1.91. The molecule has 0 aliphatic carbocycles. The third kappa shape index (κ3) is 5.68. The largest absolute Gasteiger partial charge is 0.462 e. The number of ether oxygens (including phenoxy) is 1. The molecule has 0 spiro atoms. The van der Waals surface area contributed by atoms with Gasteiger partial charge in [0, 0.05) is 5.56 Å². The predicted octanol–water partition coefficient (Wildman–Crippen LogP) is 2.97. The van der Waals surface area contributed by atoms with Crippen LogP contribution < -0.4 is 10.5 Å². The number of amidine groups is 1. The zero-order valence-electron chi connectivity index (χ0n) is 17.3. The van der Waals surface area contributed by atoms with Crippen LogP contribution in [0.15, 0.2) is 71.6 Å². The number of hydrogen-bond acceptors (Lipinski definition) is 5. The second kappa shape index (κ2) is 9.28. The molecule has 1 atom stereocenters. The normalized spacial score (nSPS) is 12.6. The van der Waals surface area contributed by atoms with Gasteiger partial charge in [0.1, 0.15) is 11.9 Å². The van der Waals surface area contributed by atoms with Crippen molar-refractivity contribution in [3.63, 3.8) is 0 Å². The number of nitrogen functional groups attached to an aromatic ring is 1. The highest BCUT2D eigenvalue weighted by Gasteiger charge is 2.28. The Kier molecular flexibility index (Phi) is 6.72. The second-order valence-corrected chi connectivity index (χ2v) is 9.20. The highest BCUT2D eigenvalue weighted by atomic mass is 32.2. The zero-order valence-corrected chi connectivity index (χ0v) is 18.1. The average Bonchev–Trinajstić information content (AvgIpc) is 2.72. The highest BCUT2D eigenvalue weighted by Crippen LogP contribution is 2.20. The van der Waals surface area contributed by atoms with E-state index < -0.39 is 28.1 Å². The maximum absolute atomic E-state index is 13.1. The van der Waals surface area contributed by atoms with Gasteiger partial charge in [-0.2, -0.15) is 4.72 Å². The molecule has 0 aliphatic rings. The van der Waals surface area contributed by atoms with E-state index in [1.807, 2.05) is 24.3 Å². The first kappa shape index (κ1) is 22.5. The highest BCUT2D eigenvalue weighted by molar-refractivity contribution is 7.89. The van der Waals surface area contributed by atoms with E-state index in [2.05, 4.69) is 4.72 Å². The van der Waals surface area contributed by atoms with Gasteiger partial charge in [0.15, 0.2) is 0 Å². The summed E-state index contributed by atoms with van der Waals surface area (Å²) in [6.07, 6.45) is -0.344. The van der Waals surface area contributed by atoms with Crippen LogP contribution in [0.25, 0.3) is 10.8 Å². The molecule has 162 valence electrons. The van der Waals surface area contributed by atoms with Gasteiger partial charge in [-0.25, -0.2) is 8.42 Å². The van der Waals surface area contributed by atoms with Gasteiger partial charge in [-0.1, -0.05) is 48.5 Å². The first-order valence-corrected chi connectivity index (χ1v) is 11.3. The molecule has 3 rings (SSSR count). The van der Waals surface area contributed by atoms with Gasteiger partial charge in [-0.05, 0) is 54.8 Å². The SMILES string of the molecule is CC(C)OC(=O)[C@H](Cc1cccc(C(=N)N)c1)NS(=O)(=O)c1ccc2ccccc2c1. The summed E-state index contributed by atoms with van der Waals surface area (Å²) in [4.78, 5) is 12.7. The van der Waals surface area contributed by atoms with E-state index in [0.29, 0.717) is 11.1 Å². The Morgan fingerprint density at radius 3 is 2.42 bits per heavy atom. The number of hydrogen-bond donors (Lipinski definition) is 3. The van der Waals surface area contributed by atoms with Crippen molar-refractivity contribution in [1.29, 1.82) is 5.41 Å². The lowest BCUT2D eigenvalue weighted by Gasteiger charge is -2.20. The molecule has 0 aromatic heterocycles. The van der Waals surface area contributed by atoms with E-state index in [0.717, 1.165) is 10.8 Å². The lowest BCUT2D eigenvalue weighted by atomic mass is 10.0. The van der Waals surface area contributed by atoms with Gasteiger partial charge in [-0.3, -0.25) is 10.2 Å². The first-order valence-electron chi connectivity index (χ1n) is 9.80. The molecule has 0 unspecified atom stereocenters. The lowest BCUT2D eigenvalue weighted by molar-refractivity contribution is -0.149. The summed E-state index contributed by atoms with van der Waals surface area (Å²) in [5, 5.41) is 9.28. The Labute approximate surface area is 181 Å². The van der Waals surface area contributed by atoms with Gasteiger partial charge < -0.3 is 10.5 Å². The molecule has 0 aliphatic heterocycles. The smallest absolute Gasteiger partial charge is 0.324 e. The maximum Gasteiger partial charge on any atom is 0.324 e. The molecule has 0 heterocycles. The van der Waals surface area contributed by atoms with Crippen molar-refractivity contribution >= 4 is 32.6 Å². The summed E-state index contributed by atoms with van der Waals surface area (Å²) in [7, 11) is -4.00. The minimum Gasteiger partial charge on any atom is -0.462 e. The van der Waals surface area contributed by atoms with Crippen LogP contribution in [0, 0.1) is 5.41 Å². The Morgan fingerprint density at radius 2 is 1.74 bits per heavy atom. The number of esters is 1. The van der Waals surface area contributed by atoms with E-state index in [9.17, 15) is 13.2 Å². The molecule has 0 bridgehead atoms. The number of sulfonamides is 1. The molecule has 7 nitrogen and oxygen atoms in total. The van der Waals surface area contributed by atoms with Crippen molar-refractivity contribution in [2.45, 2.75) is 37.3 Å². The Hall–Kier alpha value is -3.23. The van der Waals surface area contributed by atoms with Crippen LogP contribution in [0.3, 0.4) is 0 Å². The van der Waals surface area contributed by atoms with Gasteiger partial charge in [-0.15, -0.1) is 0 Å². The number of carbonyl (C=O) groups is 1. The number of fused-ring (bicyclic) bond motifs is 1.